The maximum Gasteiger partial charge on any atom is 0.435 e. The van der Waals surface area contributed by atoms with Crippen LogP contribution >= 0.6 is 11.6 Å². The molecule has 4 heterocycles. The lowest BCUT2D eigenvalue weighted by atomic mass is 9.83. The fourth-order valence-electron chi connectivity index (χ4n) is 4.18. The second kappa shape index (κ2) is 8.36. The highest BCUT2D eigenvalue weighted by Crippen LogP contribution is 2.39. The minimum absolute atomic E-state index is 0.0239. The maximum atomic E-state index is 13.3. The number of nitrogens with zero attached hydrogens (tertiary/aromatic N) is 3. The third-order valence-electron chi connectivity index (χ3n) is 5.48. The van der Waals surface area contributed by atoms with Crippen molar-refractivity contribution in [1.29, 1.82) is 0 Å². The Kier molecular flexibility index (Phi) is 5.89. The van der Waals surface area contributed by atoms with E-state index >= 15 is 0 Å². The average molecular weight is 472 g/mol. The Morgan fingerprint density at radius 1 is 1.28 bits per heavy atom. The first-order valence-electron chi connectivity index (χ1n) is 10.1. The number of carbonyl (C=O) groups is 2. The number of aromatic nitrogens is 3. The normalized spacial score (nSPS) is 24.7. The van der Waals surface area contributed by atoms with Gasteiger partial charge in [-0.3, -0.25) is 9.59 Å². The van der Waals surface area contributed by atoms with Crippen LogP contribution in [0, 0.1) is 5.92 Å². The molecule has 2 aliphatic rings. The molecule has 2 saturated heterocycles. The van der Waals surface area contributed by atoms with E-state index in [9.17, 15) is 22.8 Å². The zero-order valence-corrected chi connectivity index (χ0v) is 17.9. The fourth-order valence-corrected chi connectivity index (χ4v) is 4.38. The molecule has 0 aliphatic carbocycles. The molecule has 4 rings (SSSR count). The molecule has 0 aromatic carbocycles. The van der Waals surface area contributed by atoms with Crippen LogP contribution in [0.1, 0.15) is 42.9 Å². The maximum absolute atomic E-state index is 13.3. The van der Waals surface area contributed by atoms with Crippen molar-refractivity contribution in [2.45, 2.75) is 57.2 Å². The van der Waals surface area contributed by atoms with Crippen molar-refractivity contribution in [3.63, 3.8) is 0 Å². The molecule has 0 radical (unpaired) electrons. The molecule has 32 heavy (non-hydrogen) atoms. The first-order valence-corrected chi connectivity index (χ1v) is 10.5. The van der Waals surface area contributed by atoms with Gasteiger partial charge in [0.05, 0.1) is 29.2 Å². The van der Waals surface area contributed by atoms with Gasteiger partial charge in [0, 0.05) is 18.3 Å². The topological polar surface area (TPSA) is 98.1 Å². The molecule has 0 spiro atoms. The Bertz CT molecular complexity index is 1040. The van der Waals surface area contributed by atoms with Crippen molar-refractivity contribution in [1.82, 2.24) is 25.4 Å². The first-order chi connectivity index (χ1) is 15.1. The molecule has 2 amide bonds. The van der Waals surface area contributed by atoms with Gasteiger partial charge in [-0.25, -0.2) is 9.67 Å². The number of nitrogens with one attached hydrogen (secondary N) is 2. The average Bonchev–Trinajstić information content (AvgIpc) is 3.41. The summed E-state index contributed by atoms with van der Waals surface area (Å²) in [5, 5.41) is 9.07. The summed E-state index contributed by atoms with van der Waals surface area (Å²) in [6.07, 6.45) is -2.90. The molecule has 2 aliphatic heterocycles. The van der Waals surface area contributed by atoms with Gasteiger partial charge in [0.1, 0.15) is 5.69 Å². The van der Waals surface area contributed by atoms with Gasteiger partial charge >= 0.3 is 6.18 Å². The van der Waals surface area contributed by atoms with E-state index in [4.69, 9.17) is 16.3 Å². The number of ether oxygens (including phenoxy) is 1. The lowest BCUT2D eigenvalue weighted by molar-refractivity contribution is -0.141. The van der Waals surface area contributed by atoms with Crippen LogP contribution in [-0.2, 0) is 15.7 Å². The summed E-state index contributed by atoms with van der Waals surface area (Å²) in [5.41, 5.74) is -1.66. The number of fused-ring (bicyclic) bond motifs is 2. The van der Waals surface area contributed by atoms with E-state index in [2.05, 4.69) is 20.7 Å². The van der Waals surface area contributed by atoms with Crippen molar-refractivity contribution in [2.75, 3.05) is 0 Å². The van der Waals surface area contributed by atoms with Crippen molar-refractivity contribution < 1.29 is 27.5 Å². The number of pyridine rings is 1. The van der Waals surface area contributed by atoms with Crippen LogP contribution in [0.25, 0.3) is 5.82 Å². The minimum Gasteiger partial charge on any atom is -0.372 e. The van der Waals surface area contributed by atoms with Gasteiger partial charge in [-0.15, -0.1) is 0 Å². The quantitative estimate of drug-likeness (QED) is 0.698. The Labute approximate surface area is 186 Å². The number of hydrogen-bond donors (Lipinski definition) is 2. The molecular weight excluding hydrogens is 451 g/mol. The van der Waals surface area contributed by atoms with Gasteiger partial charge in [-0.2, -0.15) is 18.3 Å². The predicted octanol–water partition coefficient (Wildman–Crippen LogP) is 2.74. The summed E-state index contributed by atoms with van der Waals surface area (Å²) in [7, 11) is 0. The fraction of sp³-hybridized carbons (Fsp3) is 0.500. The summed E-state index contributed by atoms with van der Waals surface area (Å²) >= 11 is 6.08. The van der Waals surface area contributed by atoms with Crippen LogP contribution in [0.3, 0.4) is 0 Å². The zero-order chi connectivity index (χ0) is 23.2. The smallest absolute Gasteiger partial charge is 0.372 e. The molecule has 2 aromatic rings. The zero-order valence-electron chi connectivity index (χ0n) is 17.2. The predicted molar refractivity (Wildman–Crippen MR) is 107 cm³/mol. The van der Waals surface area contributed by atoms with Gasteiger partial charge in [-0.1, -0.05) is 11.6 Å². The largest absolute Gasteiger partial charge is 0.435 e. The van der Waals surface area contributed by atoms with Crippen LogP contribution < -0.4 is 10.6 Å². The van der Waals surface area contributed by atoms with E-state index in [-0.39, 0.29) is 28.9 Å². The summed E-state index contributed by atoms with van der Waals surface area (Å²) in [6, 6.07) is 2.77. The molecule has 0 saturated carbocycles. The number of hydrogen-bond acceptors (Lipinski definition) is 5. The summed E-state index contributed by atoms with van der Waals surface area (Å²) in [4.78, 5) is 29.8. The standard InChI is InChI=1S/C20H21ClF3N5O3/c1-9(2)26-19(31)15-12-5-6-13(32-12)16(15)27-18(30)11-8-14(20(22,23)24)28-29(11)17-10(21)4-3-7-25-17/h3-4,7-9,12-13,15-16H,5-6H2,1-2H3,(H,26,31)(H,27,30)/t12?,13?,15-,16+/m0/s1. The van der Waals surface area contributed by atoms with Gasteiger partial charge in [-0.05, 0) is 38.8 Å². The summed E-state index contributed by atoms with van der Waals surface area (Å²) < 4.78 is 46.6. The highest BCUT2D eigenvalue weighted by atomic mass is 35.5. The van der Waals surface area contributed by atoms with Crippen LogP contribution in [0.2, 0.25) is 5.02 Å². The van der Waals surface area contributed by atoms with Gasteiger partial charge in [0.25, 0.3) is 5.91 Å². The van der Waals surface area contributed by atoms with Crippen LogP contribution in [0.4, 0.5) is 13.2 Å². The summed E-state index contributed by atoms with van der Waals surface area (Å²) in [6.45, 7) is 3.63. The number of rotatable bonds is 5. The summed E-state index contributed by atoms with van der Waals surface area (Å²) in [5.74, 6) is -1.86. The van der Waals surface area contributed by atoms with Crippen molar-refractivity contribution in [2.24, 2.45) is 5.92 Å². The lowest BCUT2D eigenvalue weighted by Crippen LogP contribution is -2.53. The Morgan fingerprint density at radius 2 is 2.00 bits per heavy atom. The molecule has 2 unspecified atom stereocenters. The van der Waals surface area contributed by atoms with Crippen molar-refractivity contribution >= 4 is 23.4 Å². The van der Waals surface area contributed by atoms with E-state index < -0.39 is 41.5 Å². The number of alkyl halides is 3. The molecule has 2 aromatic heterocycles. The molecular formula is C20H21ClF3N5O3. The van der Waals surface area contributed by atoms with Crippen molar-refractivity contribution in [3.8, 4) is 5.82 Å². The van der Waals surface area contributed by atoms with E-state index in [1.165, 1.54) is 18.3 Å². The molecule has 8 nitrogen and oxygen atoms in total. The van der Waals surface area contributed by atoms with Crippen LogP contribution in [0.5, 0.6) is 0 Å². The van der Waals surface area contributed by atoms with Crippen LogP contribution in [-0.4, -0.2) is 50.9 Å². The van der Waals surface area contributed by atoms with Crippen molar-refractivity contribution in [3.05, 3.63) is 40.8 Å². The number of halogens is 4. The molecule has 12 heteroatoms. The van der Waals surface area contributed by atoms with Gasteiger partial charge in [0.2, 0.25) is 5.91 Å². The monoisotopic (exact) mass is 471 g/mol. The molecule has 4 atom stereocenters. The highest BCUT2D eigenvalue weighted by Gasteiger charge is 2.53. The van der Waals surface area contributed by atoms with E-state index in [1.54, 1.807) is 0 Å². The lowest BCUT2D eigenvalue weighted by Gasteiger charge is -2.28. The molecule has 2 fully saturated rings. The number of carbonyl (C=O) groups excluding carboxylic acids is 2. The second-order valence-corrected chi connectivity index (χ2v) is 8.52. The number of amides is 2. The van der Waals surface area contributed by atoms with Gasteiger partial charge < -0.3 is 15.4 Å². The Morgan fingerprint density at radius 3 is 2.66 bits per heavy atom. The highest BCUT2D eigenvalue weighted by molar-refractivity contribution is 6.32. The van der Waals surface area contributed by atoms with Gasteiger partial charge in [0.15, 0.2) is 11.5 Å². The van der Waals surface area contributed by atoms with E-state index in [1.807, 2.05) is 13.8 Å². The molecule has 172 valence electrons. The van der Waals surface area contributed by atoms with E-state index in [0.29, 0.717) is 18.9 Å². The second-order valence-electron chi connectivity index (χ2n) is 8.11. The molecule has 2 bridgehead atoms. The third-order valence-corrected chi connectivity index (χ3v) is 5.77. The Balaban J connectivity index is 1.66. The SMILES string of the molecule is CC(C)NC(=O)[C@H]1C2CCC(O2)[C@H]1NC(=O)c1cc(C(F)(F)F)nn1-c1ncccc1Cl. The van der Waals surface area contributed by atoms with Crippen LogP contribution in [0.15, 0.2) is 24.4 Å². The van der Waals surface area contributed by atoms with E-state index in [0.717, 1.165) is 4.68 Å². The minimum atomic E-state index is -4.78. The Hall–Kier alpha value is -2.66. The molecule has 2 N–H and O–H groups in total. The third kappa shape index (κ3) is 4.18. The first kappa shape index (κ1) is 22.5.